The Hall–Kier alpha value is -4.25. The number of fused-ring (bicyclic) bond motifs is 4. The molecular weight excluding hydrogens is 541 g/mol. The number of hydrogen-bond acceptors (Lipinski definition) is 8. The summed E-state index contributed by atoms with van der Waals surface area (Å²) in [6, 6.07) is 10.2. The first-order valence-corrected chi connectivity index (χ1v) is 13.3. The average Bonchev–Trinajstić information content (AvgIpc) is 3.22. The molecule has 2 aliphatic heterocycles. The Morgan fingerprint density at radius 2 is 1.85 bits per heavy atom. The number of nitrogens with zero attached hydrogens (tertiary/aromatic N) is 5. The first kappa shape index (κ1) is 26.0. The second-order valence-electron chi connectivity index (χ2n) is 9.73. The average molecular weight is 566 g/mol. The molecule has 40 heavy (non-hydrogen) atoms. The third kappa shape index (κ3) is 4.49. The number of hydrogen-bond donors (Lipinski definition) is 1. The van der Waals surface area contributed by atoms with Crippen LogP contribution in [0.2, 0.25) is 5.02 Å². The zero-order chi connectivity index (χ0) is 28.0. The number of carbonyl (C=O) groups is 2. The summed E-state index contributed by atoms with van der Waals surface area (Å²) in [5, 5.41) is 12.0. The summed E-state index contributed by atoms with van der Waals surface area (Å²) in [5.41, 5.74) is 0.527. The van der Waals surface area contributed by atoms with E-state index in [0.29, 0.717) is 40.3 Å². The molecule has 2 aliphatic rings. The molecular formula is C28H25ClFN5O5. The van der Waals surface area contributed by atoms with Gasteiger partial charge in [-0.05, 0) is 31.2 Å². The number of aromatic nitrogens is 3. The highest BCUT2D eigenvalue weighted by Crippen LogP contribution is 2.39. The summed E-state index contributed by atoms with van der Waals surface area (Å²) in [6.07, 6.45) is 2.01. The first-order valence-electron chi connectivity index (χ1n) is 12.9. The van der Waals surface area contributed by atoms with E-state index >= 15 is 4.39 Å². The SMILES string of the molecule is CCOC(=O)COc1nc(N2C[C@H]3CC[C@@H](C2)N3C(=O)O)c2cnc(-c3cccc4cccc(Cl)c34)c(F)c2n1. The molecule has 2 aromatic heterocycles. The van der Waals surface area contributed by atoms with Crippen molar-refractivity contribution in [3.05, 3.63) is 53.4 Å². The Bertz CT molecular complexity index is 1630. The van der Waals surface area contributed by atoms with Gasteiger partial charge in [0.2, 0.25) is 0 Å². The predicted octanol–water partition coefficient (Wildman–Crippen LogP) is 4.91. The normalized spacial score (nSPS) is 18.4. The second-order valence-corrected chi connectivity index (χ2v) is 10.1. The maximum absolute atomic E-state index is 16.3. The van der Waals surface area contributed by atoms with Gasteiger partial charge in [0.1, 0.15) is 17.0 Å². The van der Waals surface area contributed by atoms with Crippen LogP contribution in [0.5, 0.6) is 6.01 Å². The molecule has 12 heteroatoms. The fourth-order valence-electron chi connectivity index (χ4n) is 5.72. The van der Waals surface area contributed by atoms with Gasteiger partial charge < -0.3 is 19.5 Å². The van der Waals surface area contributed by atoms with Gasteiger partial charge in [-0.2, -0.15) is 9.97 Å². The number of ether oxygens (including phenoxy) is 2. The van der Waals surface area contributed by atoms with Crippen molar-refractivity contribution in [1.82, 2.24) is 19.9 Å². The molecule has 1 amide bonds. The first-order chi connectivity index (χ1) is 19.4. The van der Waals surface area contributed by atoms with Crippen LogP contribution in [0.25, 0.3) is 32.9 Å². The lowest BCUT2D eigenvalue weighted by molar-refractivity contribution is -0.145. The van der Waals surface area contributed by atoms with Gasteiger partial charge in [-0.1, -0.05) is 41.9 Å². The number of carboxylic acid groups (broad SMARTS) is 1. The number of pyridine rings is 1. The van der Waals surface area contributed by atoms with Crippen molar-refractivity contribution in [3.8, 4) is 17.3 Å². The van der Waals surface area contributed by atoms with Crippen LogP contribution in [0.3, 0.4) is 0 Å². The number of rotatable bonds is 6. The number of anilines is 1. The van der Waals surface area contributed by atoms with Gasteiger partial charge in [-0.25, -0.2) is 14.0 Å². The van der Waals surface area contributed by atoms with E-state index in [4.69, 9.17) is 21.1 Å². The van der Waals surface area contributed by atoms with Crippen LogP contribution >= 0.6 is 11.6 Å². The van der Waals surface area contributed by atoms with Gasteiger partial charge in [0.15, 0.2) is 12.4 Å². The van der Waals surface area contributed by atoms with E-state index in [0.717, 1.165) is 18.2 Å². The number of piperazine rings is 1. The minimum Gasteiger partial charge on any atom is -0.465 e. The van der Waals surface area contributed by atoms with Crippen LogP contribution in [0, 0.1) is 5.82 Å². The topological polar surface area (TPSA) is 118 Å². The molecule has 206 valence electrons. The maximum Gasteiger partial charge on any atom is 0.407 e. The van der Waals surface area contributed by atoms with E-state index in [1.165, 1.54) is 11.1 Å². The van der Waals surface area contributed by atoms with Crippen LogP contribution in [-0.4, -0.2) is 75.4 Å². The molecule has 4 aromatic rings. The molecule has 4 heterocycles. The van der Waals surface area contributed by atoms with E-state index in [2.05, 4.69) is 15.0 Å². The molecule has 6 rings (SSSR count). The van der Waals surface area contributed by atoms with Crippen LogP contribution in [0.4, 0.5) is 15.0 Å². The number of benzene rings is 2. The number of amides is 1. The summed E-state index contributed by atoms with van der Waals surface area (Å²) >= 11 is 6.51. The fraction of sp³-hybridized carbons (Fsp3) is 0.321. The molecule has 10 nitrogen and oxygen atoms in total. The van der Waals surface area contributed by atoms with Crippen molar-refractivity contribution in [2.24, 2.45) is 0 Å². The summed E-state index contributed by atoms with van der Waals surface area (Å²) in [5.74, 6) is -0.941. The number of halogens is 2. The van der Waals surface area contributed by atoms with Gasteiger partial charge in [-0.3, -0.25) is 9.88 Å². The summed E-state index contributed by atoms with van der Waals surface area (Å²) in [4.78, 5) is 40.5. The minimum absolute atomic E-state index is 0.0362. The molecule has 0 saturated carbocycles. The minimum atomic E-state index is -0.954. The largest absolute Gasteiger partial charge is 0.465 e. The number of esters is 1. The standard InChI is InChI=1S/C28H25ClFN5O5/c1-2-39-21(36)14-40-27-32-25-19(26(33-27)34-12-16-9-10-17(13-34)35(16)28(37)38)11-31-24(23(25)30)18-7-3-5-15-6-4-8-20(29)22(15)18/h3-8,11,16-17H,2,9-10,12-14H2,1H3,(H,37,38)/t16-,17+. The Morgan fingerprint density at radius 1 is 1.12 bits per heavy atom. The third-order valence-corrected chi connectivity index (χ3v) is 7.69. The molecule has 0 radical (unpaired) electrons. The van der Waals surface area contributed by atoms with Gasteiger partial charge in [0.25, 0.3) is 0 Å². The van der Waals surface area contributed by atoms with E-state index in [9.17, 15) is 14.7 Å². The molecule has 2 bridgehead atoms. The van der Waals surface area contributed by atoms with Gasteiger partial charge in [-0.15, -0.1) is 0 Å². The predicted molar refractivity (Wildman–Crippen MR) is 146 cm³/mol. The van der Waals surface area contributed by atoms with Gasteiger partial charge in [0.05, 0.1) is 24.1 Å². The van der Waals surface area contributed by atoms with E-state index < -0.39 is 24.5 Å². The fourth-order valence-corrected chi connectivity index (χ4v) is 6.01. The summed E-state index contributed by atoms with van der Waals surface area (Å²) in [6.45, 7) is 2.15. The quantitative estimate of drug-likeness (QED) is 0.325. The van der Waals surface area contributed by atoms with E-state index in [1.54, 1.807) is 25.1 Å². The molecule has 2 fully saturated rings. The lowest BCUT2D eigenvalue weighted by atomic mass is 10.0. The Balaban J connectivity index is 1.48. The lowest BCUT2D eigenvalue weighted by Crippen LogP contribution is -2.55. The smallest absolute Gasteiger partial charge is 0.407 e. The summed E-state index contributed by atoms with van der Waals surface area (Å²) < 4.78 is 26.8. The molecule has 0 aliphatic carbocycles. The second kappa shape index (κ2) is 10.4. The van der Waals surface area contributed by atoms with Crippen molar-refractivity contribution in [1.29, 1.82) is 0 Å². The van der Waals surface area contributed by atoms with Crippen LogP contribution in [0.1, 0.15) is 19.8 Å². The Morgan fingerprint density at radius 3 is 2.55 bits per heavy atom. The Kier molecular flexibility index (Phi) is 6.75. The highest BCUT2D eigenvalue weighted by Gasteiger charge is 2.43. The van der Waals surface area contributed by atoms with Gasteiger partial charge in [0, 0.05) is 35.3 Å². The van der Waals surface area contributed by atoms with Crippen molar-refractivity contribution in [3.63, 3.8) is 0 Å². The molecule has 1 N–H and O–H groups in total. The maximum atomic E-state index is 16.3. The van der Waals surface area contributed by atoms with E-state index in [1.807, 2.05) is 23.1 Å². The van der Waals surface area contributed by atoms with Gasteiger partial charge >= 0.3 is 18.1 Å². The highest BCUT2D eigenvalue weighted by molar-refractivity contribution is 6.36. The van der Waals surface area contributed by atoms with Crippen LogP contribution < -0.4 is 9.64 Å². The van der Waals surface area contributed by atoms with Crippen molar-refractivity contribution >= 4 is 51.2 Å². The molecule has 0 unspecified atom stereocenters. The van der Waals surface area contributed by atoms with Crippen LogP contribution in [-0.2, 0) is 9.53 Å². The van der Waals surface area contributed by atoms with E-state index in [-0.39, 0.29) is 35.9 Å². The van der Waals surface area contributed by atoms with Crippen LogP contribution in [0.15, 0.2) is 42.6 Å². The third-order valence-electron chi connectivity index (χ3n) is 7.38. The molecule has 2 saturated heterocycles. The highest BCUT2D eigenvalue weighted by atomic mass is 35.5. The monoisotopic (exact) mass is 565 g/mol. The Labute approximate surface area is 233 Å². The zero-order valence-electron chi connectivity index (χ0n) is 21.5. The lowest BCUT2D eigenvalue weighted by Gasteiger charge is -2.40. The summed E-state index contributed by atoms with van der Waals surface area (Å²) in [7, 11) is 0. The zero-order valence-corrected chi connectivity index (χ0v) is 22.3. The van der Waals surface area contributed by atoms with Crippen molar-refractivity contribution in [2.45, 2.75) is 31.8 Å². The molecule has 2 atom stereocenters. The molecule has 0 spiro atoms. The number of carbonyl (C=O) groups excluding carboxylic acids is 1. The van der Waals surface area contributed by atoms with Crippen molar-refractivity contribution in [2.75, 3.05) is 31.2 Å². The molecule has 2 aromatic carbocycles. The van der Waals surface area contributed by atoms with Crippen molar-refractivity contribution < 1.29 is 28.6 Å².